The van der Waals surface area contributed by atoms with Crippen molar-refractivity contribution in [3.63, 3.8) is 0 Å². The Bertz CT molecular complexity index is 1570. The van der Waals surface area contributed by atoms with Crippen LogP contribution < -0.4 is 9.80 Å². The Morgan fingerprint density at radius 1 is 1.19 bits per heavy atom. The summed E-state index contributed by atoms with van der Waals surface area (Å²) in [6, 6.07) is 15.6. The zero-order valence-electron chi connectivity index (χ0n) is 19.5. The largest absolute Gasteiger partial charge is 0.465 e. The Hall–Kier alpha value is -3.95. The molecule has 2 amide bonds. The van der Waals surface area contributed by atoms with E-state index in [1.807, 2.05) is 0 Å². The van der Waals surface area contributed by atoms with E-state index in [0.717, 1.165) is 24.2 Å². The molecule has 6 rings (SSSR count). The number of benzene rings is 3. The highest BCUT2D eigenvalue weighted by atomic mass is 35.5. The number of anilines is 2. The number of nitrogens with one attached hydrogen (secondary N) is 1. The van der Waals surface area contributed by atoms with Crippen molar-refractivity contribution in [3.8, 4) is 0 Å². The smallest absolute Gasteiger partial charge is 0.414 e. The lowest BCUT2D eigenvalue weighted by molar-refractivity contribution is 0.0699. The molecule has 4 aromatic rings. The molecule has 1 aromatic heterocycles. The van der Waals surface area contributed by atoms with Gasteiger partial charge in [0.15, 0.2) is 11.5 Å². The number of imidazole rings is 1. The lowest BCUT2D eigenvalue weighted by Gasteiger charge is -2.35. The van der Waals surface area contributed by atoms with Crippen LogP contribution >= 0.6 is 11.6 Å². The Balaban J connectivity index is 1.49. The molecular formula is C27H22ClFN4O4. The fourth-order valence-electron chi connectivity index (χ4n) is 5.12. The van der Waals surface area contributed by atoms with Crippen LogP contribution in [0.3, 0.4) is 0 Å². The summed E-state index contributed by atoms with van der Waals surface area (Å²) < 4.78 is 15.2. The monoisotopic (exact) mass is 520 g/mol. The van der Waals surface area contributed by atoms with Crippen molar-refractivity contribution in [2.75, 3.05) is 16.3 Å². The Morgan fingerprint density at radius 2 is 1.97 bits per heavy atom. The second kappa shape index (κ2) is 8.57. The molecule has 0 spiro atoms. The van der Waals surface area contributed by atoms with Crippen molar-refractivity contribution in [3.05, 3.63) is 88.2 Å². The number of H-pyrrole nitrogens is 1. The maximum Gasteiger partial charge on any atom is 0.414 e. The molecule has 0 radical (unpaired) electrons. The van der Waals surface area contributed by atoms with Gasteiger partial charge in [0.2, 0.25) is 5.95 Å². The SMILES string of the molecule is O=C(O)N(CC1CCC1)c1nc2ccc(C3(O)c4ccccc4C(=O)N3c3cccc(Cl)c3F)cc2[nH]1. The van der Waals surface area contributed by atoms with Gasteiger partial charge in [-0.05, 0) is 49.1 Å². The van der Waals surface area contributed by atoms with Crippen LogP contribution in [-0.4, -0.2) is 38.7 Å². The molecule has 1 unspecified atom stereocenters. The van der Waals surface area contributed by atoms with Crippen LogP contribution in [0.15, 0.2) is 60.7 Å². The molecule has 3 N–H and O–H groups in total. The molecule has 3 aromatic carbocycles. The third kappa shape index (κ3) is 3.57. The van der Waals surface area contributed by atoms with Gasteiger partial charge in [0.1, 0.15) is 0 Å². The first kappa shape index (κ1) is 23.4. The molecule has 2 heterocycles. The Morgan fingerprint density at radius 3 is 2.70 bits per heavy atom. The highest BCUT2D eigenvalue weighted by molar-refractivity contribution is 6.31. The first-order valence-electron chi connectivity index (χ1n) is 11.9. The molecule has 1 atom stereocenters. The van der Waals surface area contributed by atoms with Crippen molar-refractivity contribution in [2.45, 2.75) is 25.0 Å². The van der Waals surface area contributed by atoms with Crippen molar-refractivity contribution in [1.29, 1.82) is 0 Å². The minimum Gasteiger partial charge on any atom is -0.465 e. The molecule has 188 valence electrons. The van der Waals surface area contributed by atoms with Crippen molar-refractivity contribution in [2.24, 2.45) is 5.92 Å². The van der Waals surface area contributed by atoms with Gasteiger partial charge in [0, 0.05) is 23.2 Å². The highest BCUT2D eigenvalue weighted by Gasteiger charge is 2.51. The number of aromatic nitrogens is 2. The third-order valence-corrected chi connectivity index (χ3v) is 7.55. The van der Waals surface area contributed by atoms with E-state index in [9.17, 15) is 19.8 Å². The lowest BCUT2D eigenvalue weighted by atomic mass is 9.85. The van der Waals surface area contributed by atoms with Gasteiger partial charge >= 0.3 is 6.09 Å². The topological polar surface area (TPSA) is 110 Å². The van der Waals surface area contributed by atoms with Gasteiger partial charge in [-0.15, -0.1) is 0 Å². The average molecular weight is 521 g/mol. The van der Waals surface area contributed by atoms with Crippen LogP contribution in [0, 0.1) is 11.7 Å². The molecule has 0 bridgehead atoms. The Labute approximate surface area is 215 Å². The van der Waals surface area contributed by atoms with E-state index in [2.05, 4.69) is 9.97 Å². The van der Waals surface area contributed by atoms with Crippen molar-refractivity contribution in [1.82, 2.24) is 9.97 Å². The van der Waals surface area contributed by atoms with Gasteiger partial charge in [0.05, 0.1) is 21.7 Å². The van der Waals surface area contributed by atoms with Gasteiger partial charge in [-0.1, -0.05) is 48.4 Å². The van der Waals surface area contributed by atoms with Crippen LogP contribution in [0.5, 0.6) is 0 Å². The number of hydrogen-bond acceptors (Lipinski definition) is 4. The Kier molecular flexibility index (Phi) is 5.43. The summed E-state index contributed by atoms with van der Waals surface area (Å²) in [6.07, 6.45) is 1.93. The van der Waals surface area contributed by atoms with E-state index in [1.54, 1.807) is 42.5 Å². The number of amides is 2. The van der Waals surface area contributed by atoms with E-state index in [4.69, 9.17) is 11.6 Å². The molecule has 1 fully saturated rings. The molecule has 1 saturated carbocycles. The van der Waals surface area contributed by atoms with Crippen molar-refractivity contribution >= 4 is 46.3 Å². The number of carbonyl (C=O) groups is 2. The molecule has 8 nitrogen and oxygen atoms in total. The lowest BCUT2D eigenvalue weighted by Crippen LogP contribution is -2.45. The maximum absolute atomic E-state index is 15.2. The van der Waals surface area contributed by atoms with Crippen molar-refractivity contribution < 1.29 is 24.2 Å². The third-order valence-electron chi connectivity index (χ3n) is 7.26. The quantitative estimate of drug-likeness (QED) is 0.322. The van der Waals surface area contributed by atoms with E-state index < -0.39 is 23.5 Å². The zero-order chi connectivity index (χ0) is 25.9. The molecular weight excluding hydrogens is 499 g/mol. The van der Waals surface area contributed by atoms with Gasteiger partial charge in [0.25, 0.3) is 5.91 Å². The van der Waals surface area contributed by atoms with Crippen LogP contribution in [0.4, 0.5) is 20.8 Å². The number of fused-ring (bicyclic) bond motifs is 2. The van der Waals surface area contributed by atoms with Gasteiger partial charge in [-0.3, -0.25) is 9.69 Å². The summed E-state index contributed by atoms with van der Waals surface area (Å²) in [6.45, 7) is 0.343. The summed E-state index contributed by atoms with van der Waals surface area (Å²) in [4.78, 5) is 35.1. The first-order valence-corrected chi connectivity index (χ1v) is 12.3. The van der Waals surface area contributed by atoms with E-state index in [0.29, 0.717) is 23.5 Å². The molecule has 37 heavy (non-hydrogen) atoms. The minimum absolute atomic E-state index is 0.167. The molecule has 1 aliphatic carbocycles. The predicted octanol–water partition coefficient (Wildman–Crippen LogP) is 5.49. The fourth-order valence-corrected chi connectivity index (χ4v) is 5.29. The first-order chi connectivity index (χ1) is 17.8. The molecule has 0 saturated heterocycles. The van der Waals surface area contributed by atoms with E-state index in [-0.39, 0.29) is 33.3 Å². The van der Waals surface area contributed by atoms with Crippen LogP contribution in [0.25, 0.3) is 11.0 Å². The number of carboxylic acid groups (broad SMARTS) is 1. The summed E-state index contributed by atoms with van der Waals surface area (Å²) in [5, 5.41) is 21.8. The van der Waals surface area contributed by atoms with Gasteiger partial charge < -0.3 is 15.2 Å². The molecule has 10 heteroatoms. The van der Waals surface area contributed by atoms with E-state index in [1.165, 1.54) is 23.1 Å². The van der Waals surface area contributed by atoms with Gasteiger partial charge in [-0.25, -0.2) is 19.1 Å². The summed E-state index contributed by atoms with van der Waals surface area (Å²) in [5.74, 6) is -0.939. The van der Waals surface area contributed by atoms with Gasteiger partial charge in [-0.2, -0.15) is 0 Å². The summed E-state index contributed by atoms with van der Waals surface area (Å²) in [7, 11) is 0. The van der Waals surface area contributed by atoms with E-state index >= 15 is 4.39 Å². The minimum atomic E-state index is -2.06. The normalized spacial score (nSPS) is 19.2. The highest BCUT2D eigenvalue weighted by Crippen LogP contribution is 2.46. The zero-order valence-corrected chi connectivity index (χ0v) is 20.2. The fraction of sp³-hybridized carbons (Fsp3) is 0.222. The summed E-state index contributed by atoms with van der Waals surface area (Å²) in [5.41, 5.74) is -0.489. The number of aromatic amines is 1. The van der Waals surface area contributed by atoms with Crippen LogP contribution in [-0.2, 0) is 5.72 Å². The number of carbonyl (C=O) groups excluding carboxylic acids is 1. The van der Waals surface area contributed by atoms with Crippen LogP contribution in [0.1, 0.15) is 40.7 Å². The standard InChI is InChI=1S/C27H22ClFN4O4/c28-19-9-4-10-22(23(19)29)33-24(34)17-7-1-2-8-18(17)27(33,37)16-11-12-20-21(13-16)31-25(30-20)32(26(35)36)14-15-5-3-6-15/h1-2,4,7-13,15,37H,3,5-6,14H2,(H,30,31)(H,35,36). The predicted molar refractivity (Wildman–Crippen MR) is 136 cm³/mol. The number of aliphatic hydroxyl groups is 1. The second-order valence-electron chi connectivity index (χ2n) is 9.41. The van der Waals surface area contributed by atoms with Crippen LogP contribution in [0.2, 0.25) is 5.02 Å². The maximum atomic E-state index is 15.2. The molecule has 2 aliphatic rings. The average Bonchev–Trinajstić information content (AvgIpc) is 3.37. The summed E-state index contributed by atoms with van der Waals surface area (Å²) >= 11 is 6.02. The number of rotatable bonds is 5. The second-order valence-corrected chi connectivity index (χ2v) is 9.82. The number of nitrogens with zero attached hydrogens (tertiary/aromatic N) is 3. The number of halogens is 2. The molecule has 1 aliphatic heterocycles. The number of hydrogen-bond donors (Lipinski definition) is 3.